The third-order valence-corrected chi connectivity index (χ3v) is 3.55. The van der Waals surface area contributed by atoms with E-state index in [-0.39, 0.29) is 11.9 Å². The molecule has 3 N–H and O–H groups in total. The molecule has 0 spiro atoms. The quantitative estimate of drug-likeness (QED) is 0.612. The van der Waals surface area contributed by atoms with Crippen molar-refractivity contribution in [1.82, 2.24) is 10.6 Å². The Morgan fingerprint density at radius 1 is 1.13 bits per heavy atom. The maximum Gasteiger partial charge on any atom is 0.319 e. The van der Waals surface area contributed by atoms with Crippen LogP contribution in [0.1, 0.15) is 33.1 Å². The summed E-state index contributed by atoms with van der Waals surface area (Å²) < 4.78 is 0. The van der Waals surface area contributed by atoms with Gasteiger partial charge in [0.15, 0.2) is 0 Å². The molecular weight excluding hydrogens is 337 g/mol. The number of halogens is 2. The van der Waals surface area contributed by atoms with Crippen LogP contribution in [-0.2, 0) is 4.79 Å². The fourth-order valence-corrected chi connectivity index (χ4v) is 2.23. The number of benzene rings is 1. The average molecular weight is 360 g/mol. The van der Waals surface area contributed by atoms with Crippen LogP contribution >= 0.6 is 23.2 Å². The lowest BCUT2D eigenvalue weighted by Crippen LogP contribution is -2.30. The van der Waals surface area contributed by atoms with Gasteiger partial charge in [-0.1, -0.05) is 37.0 Å². The Balaban J connectivity index is 2.16. The highest BCUT2D eigenvalue weighted by molar-refractivity contribution is 6.36. The highest BCUT2D eigenvalue weighted by atomic mass is 35.5. The van der Waals surface area contributed by atoms with Crippen LogP contribution in [0.15, 0.2) is 18.2 Å². The highest BCUT2D eigenvalue weighted by Gasteiger charge is 2.06. The Hall–Kier alpha value is -1.46. The van der Waals surface area contributed by atoms with Gasteiger partial charge < -0.3 is 16.0 Å². The van der Waals surface area contributed by atoms with Crippen LogP contribution in [0.3, 0.4) is 0 Å². The SMILES string of the molecule is CC(C)CNC(=O)CCCCNC(=O)Nc1ccc(Cl)cc1Cl. The zero-order chi connectivity index (χ0) is 17.2. The van der Waals surface area contributed by atoms with Crippen LogP contribution in [0.4, 0.5) is 10.5 Å². The smallest absolute Gasteiger partial charge is 0.319 e. The van der Waals surface area contributed by atoms with E-state index < -0.39 is 0 Å². The summed E-state index contributed by atoms with van der Waals surface area (Å²) in [6.45, 7) is 5.29. The van der Waals surface area contributed by atoms with Crippen molar-refractivity contribution in [1.29, 1.82) is 0 Å². The van der Waals surface area contributed by atoms with Gasteiger partial charge in [-0.15, -0.1) is 0 Å². The number of unbranched alkanes of at least 4 members (excludes halogenated alkanes) is 1. The summed E-state index contributed by atoms with van der Waals surface area (Å²) in [6, 6.07) is 4.52. The molecule has 0 unspecified atom stereocenters. The van der Waals surface area contributed by atoms with Crippen molar-refractivity contribution in [3.63, 3.8) is 0 Å². The first-order chi connectivity index (χ1) is 10.9. The van der Waals surface area contributed by atoms with Gasteiger partial charge in [0.05, 0.1) is 10.7 Å². The molecule has 0 saturated carbocycles. The van der Waals surface area contributed by atoms with E-state index in [4.69, 9.17) is 23.2 Å². The highest BCUT2D eigenvalue weighted by Crippen LogP contribution is 2.25. The molecule has 0 bridgehead atoms. The van der Waals surface area contributed by atoms with Gasteiger partial charge in [-0.3, -0.25) is 4.79 Å². The molecule has 128 valence electrons. The van der Waals surface area contributed by atoms with Crippen molar-refractivity contribution >= 4 is 40.8 Å². The number of hydrogen-bond acceptors (Lipinski definition) is 2. The summed E-state index contributed by atoms with van der Waals surface area (Å²) in [5, 5.41) is 9.13. The number of amides is 3. The first-order valence-corrected chi connectivity index (χ1v) is 8.40. The predicted octanol–water partition coefficient (Wildman–Crippen LogP) is 4.06. The number of hydrogen-bond donors (Lipinski definition) is 3. The Kier molecular flexibility index (Phi) is 8.81. The monoisotopic (exact) mass is 359 g/mol. The third kappa shape index (κ3) is 8.67. The van der Waals surface area contributed by atoms with Crippen molar-refractivity contribution < 1.29 is 9.59 Å². The number of rotatable bonds is 8. The van der Waals surface area contributed by atoms with E-state index in [1.807, 2.05) is 0 Å². The van der Waals surface area contributed by atoms with Crippen LogP contribution in [0.2, 0.25) is 10.0 Å². The second-order valence-corrected chi connectivity index (χ2v) is 6.50. The van der Waals surface area contributed by atoms with Crippen molar-refractivity contribution in [3.05, 3.63) is 28.2 Å². The molecule has 0 saturated heterocycles. The van der Waals surface area contributed by atoms with E-state index in [0.717, 1.165) is 12.8 Å². The number of urea groups is 1. The average Bonchev–Trinajstić information content (AvgIpc) is 2.47. The molecule has 0 aliphatic heterocycles. The molecule has 7 heteroatoms. The number of anilines is 1. The largest absolute Gasteiger partial charge is 0.356 e. The predicted molar refractivity (Wildman–Crippen MR) is 95.2 cm³/mol. The van der Waals surface area contributed by atoms with Crippen LogP contribution in [0.5, 0.6) is 0 Å². The molecule has 1 aromatic carbocycles. The molecule has 23 heavy (non-hydrogen) atoms. The topological polar surface area (TPSA) is 70.2 Å². The van der Waals surface area contributed by atoms with E-state index in [1.165, 1.54) is 0 Å². The van der Waals surface area contributed by atoms with Crippen LogP contribution < -0.4 is 16.0 Å². The third-order valence-electron chi connectivity index (χ3n) is 3.00. The zero-order valence-corrected chi connectivity index (χ0v) is 14.9. The number of carbonyl (C=O) groups is 2. The van der Waals surface area contributed by atoms with E-state index in [9.17, 15) is 9.59 Å². The lowest BCUT2D eigenvalue weighted by atomic mass is 10.2. The molecule has 0 radical (unpaired) electrons. The summed E-state index contributed by atoms with van der Waals surface area (Å²) >= 11 is 11.8. The minimum absolute atomic E-state index is 0.0519. The molecule has 5 nitrogen and oxygen atoms in total. The fraction of sp³-hybridized carbons (Fsp3) is 0.500. The fourth-order valence-electron chi connectivity index (χ4n) is 1.78. The van der Waals surface area contributed by atoms with Gasteiger partial charge in [0, 0.05) is 24.5 Å². The first kappa shape index (κ1) is 19.6. The normalized spacial score (nSPS) is 10.5. The van der Waals surface area contributed by atoms with E-state index in [1.54, 1.807) is 18.2 Å². The van der Waals surface area contributed by atoms with Gasteiger partial charge in [0.25, 0.3) is 0 Å². The van der Waals surface area contributed by atoms with Crippen molar-refractivity contribution in [2.45, 2.75) is 33.1 Å². The summed E-state index contributed by atoms with van der Waals surface area (Å²) in [7, 11) is 0. The lowest BCUT2D eigenvalue weighted by molar-refractivity contribution is -0.121. The molecule has 0 aliphatic carbocycles. The van der Waals surface area contributed by atoms with Gasteiger partial charge in [-0.05, 0) is 37.0 Å². The van der Waals surface area contributed by atoms with Crippen LogP contribution in [0, 0.1) is 5.92 Å². The van der Waals surface area contributed by atoms with E-state index in [2.05, 4.69) is 29.8 Å². The van der Waals surface area contributed by atoms with E-state index in [0.29, 0.717) is 41.2 Å². The van der Waals surface area contributed by atoms with Crippen LogP contribution in [0.25, 0.3) is 0 Å². The van der Waals surface area contributed by atoms with Gasteiger partial charge >= 0.3 is 6.03 Å². The molecule has 1 rings (SSSR count). The van der Waals surface area contributed by atoms with Gasteiger partial charge in [-0.25, -0.2) is 4.79 Å². The second-order valence-electron chi connectivity index (χ2n) is 5.66. The molecule has 3 amide bonds. The Labute approximate surface area is 147 Å². The molecular formula is C16H23Cl2N3O2. The maximum absolute atomic E-state index is 11.7. The minimum Gasteiger partial charge on any atom is -0.356 e. The second kappa shape index (κ2) is 10.3. The molecule has 0 aromatic heterocycles. The molecule has 0 atom stereocenters. The lowest BCUT2D eigenvalue weighted by Gasteiger charge is -2.10. The first-order valence-electron chi connectivity index (χ1n) is 7.65. The summed E-state index contributed by atoms with van der Waals surface area (Å²) in [5.41, 5.74) is 0.502. The molecule has 0 fully saturated rings. The Morgan fingerprint density at radius 3 is 2.52 bits per heavy atom. The summed E-state index contributed by atoms with van der Waals surface area (Å²) in [5.74, 6) is 0.500. The Morgan fingerprint density at radius 2 is 1.87 bits per heavy atom. The maximum atomic E-state index is 11.7. The number of nitrogens with one attached hydrogen (secondary N) is 3. The van der Waals surface area contributed by atoms with Crippen molar-refractivity contribution in [2.75, 3.05) is 18.4 Å². The van der Waals surface area contributed by atoms with Crippen LogP contribution in [-0.4, -0.2) is 25.0 Å². The van der Waals surface area contributed by atoms with Gasteiger partial charge in [-0.2, -0.15) is 0 Å². The van der Waals surface area contributed by atoms with Gasteiger partial charge in [0.2, 0.25) is 5.91 Å². The number of carbonyl (C=O) groups excluding carboxylic acids is 2. The summed E-state index contributed by atoms with van der Waals surface area (Å²) in [4.78, 5) is 23.2. The van der Waals surface area contributed by atoms with Crippen molar-refractivity contribution in [3.8, 4) is 0 Å². The Bertz CT molecular complexity index is 536. The minimum atomic E-state index is -0.335. The summed E-state index contributed by atoms with van der Waals surface area (Å²) in [6.07, 6.45) is 1.93. The van der Waals surface area contributed by atoms with Gasteiger partial charge in [0.1, 0.15) is 0 Å². The van der Waals surface area contributed by atoms with E-state index >= 15 is 0 Å². The zero-order valence-electron chi connectivity index (χ0n) is 13.4. The molecule has 0 aliphatic rings. The molecule has 0 heterocycles. The van der Waals surface area contributed by atoms with Crippen molar-refractivity contribution in [2.24, 2.45) is 5.92 Å². The molecule has 1 aromatic rings. The standard InChI is InChI=1S/C16H23Cl2N3O2/c1-11(2)10-20-15(22)5-3-4-8-19-16(23)21-14-7-6-12(17)9-13(14)18/h6-7,9,11H,3-5,8,10H2,1-2H3,(H,20,22)(H2,19,21,23).